The lowest BCUT2D eigenvalue weighted by molar-refractivity contribution is -0.0169. The van der Waals surface area contributed by atoms with Crippen molar-refractivity contribution in [3.8, 4) is 0 Å². The minimum absolute atomic E-state index is 0.133. The maximum atomic E-state index is 9.90. The van der Waals surface area contributed by atoms with Crippen LogP contribution in [0.15, 0.2) is 24.3 Å². The molecule has 112 valence electrons. The van der Waals surface area contributed by atoms with Crippen LogP contribution in [0.2, 0.25) is 0 Å². The summed E-state index contributed by atoms with van der Waals surface area (Å²) in [6.07, 6.45) is 3.00. The zero-order valence-electron chi connectivity index (χ0n) is 12.2. The quantitative estimate of drug-likeness (QED) is 0.711. The third-order valence-electron chi connectivity index (χ3n) is 3.67. The van der Waals surface area contributed by atoms with E-state index < -0.39 is 6.10 Å². The van der Waals surface area contributed by atoms with Crippen LogP contribution >= 0.6 is 0 Å². The molecular weight excluding hydrogens is 254 g/mol. The summed E-state index contributed by atoms with van der Waals surface area (Å²) in [5, 5.41) is 13.0. The van der Waals surface area contributed by atoms with Crippen LogP contribution in [-0.2, 0) is 15.9 Å². The minimum Gasteiger partial charge on any atom is -0.389 e. The fraction of sp³-hybridized carbons (Fsp3) is 0.625. The highest BCUT2D eigenvalue weighted by Crippen LogP contribution is 2.32. The van der Waals surface area contributed by atoms with Crippen molar-refractivity contribution in [3.63, 3.8) is 0 Å². The topological polar surface area (TPSA) is 50.7 Å². The molecular formula is C16H25NO3. The van der Waals surface area contributed by atoms with E-state index in [0.717, 1.165) is 25.8 Å². The maximum Gasteiger partial charge on any atom is 0.0897 e. The van der Waals surface area contributed by atoms with Gasteiger partial charge in [-0.15, -0.1) is 0 Å². The molecule has 20 heavy (non-hydrogen) atoms. The van der Waals surface area contributed by atoms with E-state index in [1.165, 1.54) is 11.1 Å². The monoisotopic (exact) mass is 279 g/mol. The van der Waals surface area contributed by atoms with Gasteiger partial charge < -0.3 is 19.9 Å². The molecule has 0 amide bonds. The lowest BCUT2D eigenvalue weighted by Gasteiger charge is -2.26. The van der Waals surface area contributed by atoms with Crippen molar-refractivity contribution in [1.29, 1.82) is 0 Å². The fourth-order valence-corrected chi connectivity index (χ4v) is 2.61. The standard InChI is InChI=1S/C16H25NO3/c1-19-10-9-17-11-14(18)12-20-16-8-4-6-13-5-2-3-7-15(13)16/h2-3,5,7,14,16-18H,4,6,8-12H2,1H3/t14-,16+/m1/s1. The zero-order chi connectivity index (χ0) is 14.2. The molecule has 0 spiro atoms. The van der Waals surface area contributed by atoms with Gasteiger partial charge in [0.1, 0.15) is 0 Å². The van der Waals surface area contributed by atoms with Gasteiger partial charge in [-0.05, 0) is 30.4 Å². The molecule has 2 rings (SSSR count). The van der Waals surface area contributed by atoms with Gasteiger partial charge in [-0.2, -0.15) is 0 Å². The van der Waals surface area contributed by atoms with E-state index in [9.17, 15) is 5.11 Å². The van der Waals surface area contributed by atoms with Crippen LogP contribution in [0.1, 0.15) is 30.1 Å². The molecule has 1 aromatic carbocycles. The highest BCUT2D eigenvalue weighted by molar-refractivity contribution is 5.31. The number of aliphatic hydroxyl groups excluding tert-OH is 1. The minimum atomic E-state index is -0.471. The van der Waals surface area contributed by atoms with Crippen molar-refractivity contribution in [2.45, 2.75) is 31.5 Å². The molecule has 0 fully saturated rings. The number of fused-ring (bicyclic) bond motifs is 1. The molecule has 4 heteroatoms. The SMILES string of the molecule is COCCNC[C@@H](O)CO[C@H]1CCCc2ccccc21. The lowest BCUT2D eigenvalue weighted by Crippen LogP contribution is -2.33. The number of aliphatic hydroxyl groups is 1. The summed E-state index contributed by atoms with van der Waals surface area (Å²) in [5.74, 6) is 0. The van der Waals surface area contributed by atoms with E-state index in [1.807, 2.05) is 0 Å². The molecule has 0 saturated heterocycles. The molecule has 1 aromatic rings. The highest BCUT2D eigenvalue weighted by atomic mass is 16.5. The van der Waals surface area contributed by atoms with E-state index in [-0.39, 0.29) is 6.10 Å². The first-order chi connectivity index (χ1) is 9.81. The van der Waals surface area contributed by atoms with Crippen LogP contribution in [0.4, 0.5) is 0 Å². The molecule has 0 heterocycles. The number of aryl methyl sites for hydroxylation is 1. The number of benzene rings is 1. The number of methoxy groups -OCH3 is 1. The fourth-order valence-electron chi connectivity index (χ4n) is 2.61. The van der Waals surface area contributed by atoms with Crippen molar-refractivity contribution in [2.75, 3.05) is 33.4 Å². The lowest BCUT2D eigenvalue weighted by atomic mass is 9.89. The Morgan fingerprint density at radius 3 is 3.10 bits per heavy atom. The Balaban J connectivity index is 1.74. The first-order valence-corrected chi connectivity index (χ1v) is 7.38. The van der Waals surface area contributed by atoms with Crippen LogP contribution in [0.25, 0.3) is 0 Å². The average Bonchev–Trinajstić information content (AvgIpc) is 2.49. The van der Waals surface area contributed by atoms with Gasteiger partial charge in [0.2, 0.25) is 0 Å². The van der Waals surface area contributed by atoms with Crippen molar-refractivity contribution in [2.24, 2.45) is 0 Å². The van der Waals surface area contributed by atoms with Gasteiger partial charge in [-0.25, -0.2) is 0 Å². The summed E-state index contributed by atoms with van der Waals surface area (Å²) in [6.45, 7) is 2.32. The Bertz CT molecular complexity index is 397. The summed E-state index contributed by atoms with van der Waals surface area (Å²) in [6, 6.07) is 8.45. The van der Waals surface area contributed by atoms with Crippen molar-refractivity contribution in [1.82, 2.24) is 5.32 Å². The van der Waals surface area contributed by atoms with Crippen LogP contribution in [0, 0.1) is 0 Å². The molecule has 1 aliphatic rings. The molecule has 0 saturated carbocycles. The Morgan fingerprint density at radius 1 is 1.40 bits per heavy atom. The van der Waals surface area contributed by atoms with Crippen LogP contribution in [-0.4, -0.2) is 44.6 Å². The maximum absolute atomic E-state index is 9.90. The van der Waals surface area contributed by atoms with E-state index in [1.54, 1.807) is 7.11 Å². The Morgan fingerprint density at radius 2 is 2.25 bits per heavy atom. The normalized spacial score (nSPS) is 19.6. The molecule has 0 aliphatic heterocycles. The van der Waals surface area contributed by atoms with Gasteiger partial charge in [0, 0.05) is 20.2 Å². The summed E-state index contributed by atoms with van der Waals surface area (Å²) in [7, 11) is 1.67. The number of hydrogen-bond donors (Lipinski definition) is 2. The molecule has 4 nitrogen and oxygen atoms in total. The first-order valence-electron chi connectivity index (χ1n) is 7.38. The van der Waals surface area contributed by atoms with Gasteiger partial charge >= 0.3 is 0 Å². The molecule has 0 unspecified atom stereocenters. The molecule has 1 aliphatic carbocycles. The third-order valence-corrected chi connectivity index (χ3v) is 3.67. The number of ether oxygens (including phenoxy) is 2. The van der Waals surface area contributed by atoms with E-state index >= 15 is 0 Å². The van der Waals surface area contributed by atoms with E-state index in [2.05, 4.69) is 29.6 Å². The highest BCUT2D eigenvalue weighted by Gasteiger charge is 2.21. The Hall–Kier alpha value is -0.940. The zero-order valence-corrected chi connectivity index (χ0v) is 12.2. The predicted molar refractivity (Wildman–Crippen MR) is 78.8 cm³/mol. The number of hydrogen-bond acceptors (Lipinski definition) is 4. The van der Waals surface area contributed by atoms with Gasteiger partial charge in [-0.1, -0.05) is 24.3 Å². The second-order valence-electron chi connectivity index (χ2n) is 5.26. The summed E-state index contributed by atoms with van der Waals surface area (Å²) in [5.41, 5.74) is 2.68. The number of rotatable bonds is 8. The van der Waals surface area contributed by atoms with E-state index in [0.29, 0.717) is 19.8 Å². The Kier molecular flexibility index (Phi) is 6.47. The summed E-state index contributed by atoms with van der Waals surface area (Å²) >= 11 is 0. The third kappa shape index (κ3) is 4.56. The predicted octanol–water partition coefficient (Wildman–Crippen LogP) is 1.68. The molecule has 2 N–H and O–H groups in total. The van der Waals surface area contributed by atoms with Gasteiger partial charge in [-0.3, -0.25) is 0 Å². The van der Waals surface area contributed by atoms with Crippen LogP contribution in [0.5, 0.6) is 0 Å². The van der Waals surface area contributed by atoms with Crippen molar-refractivity contribution in [3.05, 3.63) is 35.4 Å². The van der Waals surface area contributed by atoms with Crippen LogP contribution in [0.3, 0.4) is 0 Å². The van der Waals surface area contributed by atoms with Crippen molar-refractivity contribution < 1.29 is 14.6 Å². The van der Waals surface area contributed by atoms with Gasteiger partial charge in [0.15, 0.2) is 0 Å². The van der Waals surface area contributed by atoms with Gasteiger partial charge in [0.25, 0.3) is 0 Å². The molecule has 0 radical (unpaired) electrons. The second-order valence-corrected chi connectivity index (χ2v) is 5.26. The smallest absolute Gasteiger partial charge is 0.0897 e. The molecule has 0 bridgehead atoms. The second kappa shape index (κ2) is 8.37. The summed E-state index contributed by atoms with van der Waals surface area (Å²) in [4.78, 5) is 0. The largest absolute Gasteiger partial charge is 0.389 e. The van der Waals surface area contributed by atoms with Crippen LogP contribution < -0.4 is 5.32 Å². The number of nitrogens with one attached hydrogen (secondary N) is 1. The molecule has 0 aromatic heterocycles. The van der Waals surface area contributed by atoms with Gasteiger partial charge in [0.05, 0.1) is 25.4 Å². The summed E-state index contributed by atoms with van der Waals surface area (Å²) < 4.78 is 10.8. The van der Waals surface area contributed by atoms with E-state index in [4.69, 9.17) is 9.47 Å². The first kappa shape index (κ1) is 15.4. The molecule has 2 atom stereocenters. The van der Waals surface area contributed by atoms with Crippen molar-refractivity contribution >= 4 is 0 Å². The average molecular weight is 279 g/mol. The Labute approximate surface area is 121 Å².